The highest BCUT2D eigenvalue weighted by Gasteiger charge is 2.29. The van der Waals surface area contributed by atoms with E-state index in [-0.39, 0.29) is 35.3 Å². The lowest BCUT2D eigenvalue weighted by molar-refractivity contribution is -0.00683. The molecule has 7 nitrogen and oxygen atoms in total. The van der Waals surface area contributed by atoms with Crippen LogP contribution in [0.2, 0.25) is 0 Å². The topological polar surface area (TPSA) is 83.0 Å². The van der Waals surface area contributed by atoms with Crippen molar-refractivity contribution in [2.24, 2.45) is 4.99 Å². The van der Waals surface area contributed by atoms with Crippen LogP contribution in [0.15, 0.2) is 4.99 Å². The molecular formula is C17H37IN4O3S. The molecule has 0 spiro atoms. The third kappa shape index (κ3) is 8.26. The van der Waals surface area contributed by atoms with Gasteiger partial charge in [-0.3, -0.25) is 9.89 Å². The van der Waals surface area contributed by atoms with Gasteiger partial charge in [-0.05, 0) is 41.5 Å². The number of rotatable bonds is 7. The normalized spacial score (nSPS) is 17.5. The number of ether oxygens (including phenoxy) is 1. The molecule has 1 aliphatic rings. The van der Waals surface area contributed by atoms with E-state index in [9.17, 15) is 8.42 Å². The van der Waals surface area contributed by atoms with E-state index < -0.39 is 14.6 Å². The Balaban J connectivity index is 0.00000625. The van der Waals surface area contributed by atoms with Crippen molar-refractivity contribution in [1.29, 1.82) is 0 Å². The summed E-state index contributed by atoms with van der Waals surface area (Å²) in [5, 5.41) is 6.32. The molecule has 1 aliphatic heterocycles. The molecule has 0 aliphatic carbocycles. The number of nitrogens with zero attached hydrogens (tertiary/aromatic N) is 2. The Morgan fingerprint density at radius 2 is 1.69 bits per heavy atom. The maximum absolute atomic E-state index is 12.2. The summed E-state index contributed by atoms with van der Waals surface area (Å²) >= 11 is 0. The molecule has 0 bridgehead atoms. The van der Waals surface area contributed by atoms with Gasteiger partial charge in [-0.25, -0.2) is 8.42 Å². The number of sulfone groups is 1. The number of aliphatic imine (C=N–C) groups is 1. The molecule has 1 fully saturated rings. The standard InChI is InChI=1S/C17H36N4O3S.HI/c1-7-18-15(19-8-13-25(22,23)16(2,3)4)20-14-17(5,6)21-9-11-24-12-10-21;/h7-14H2,1-6H3,(H2,18,19,20);1H. The van der Waals surface area contributed by atoms with E-state index in [4.69, 9.17) is 4.74 Å². The van der Waals surface area contributed by atoms with E-state index in [1.165, 1.54) is 0 Å². The Hall–Kier alpha value is -0.130. The Bertz CT molecular complexity index is 539. The maximum Gasteiger partial charge on any atom is 0.191 e. The first kappa shape index (κ1) is 25.9. The molecule has 0 radical (unpaired) electrons. The number of nitrogens with one attached hydrogen (secondary N) is 2. The van der Waals surface area contributed by atoms with Gasteiger partial charge in [0.05, 0.1) is 30.3 Å². The van der Waals surface area contributed by atoms with Crippen molar-refractivity contribution in [3.05, 3.63) is 0 Å². The Kier molecular flexibility index (Phi) is 11.0. The minimum atomic E-state index is -3.14. The van der Waals surface area contributed by atoms with Crippen molar-refractivity contribution in [2.75, 3.05) is 51.7 Å². The van der Waals surface area contributed by atoms with Crippen molar-refractivity contribution in [3.8, 4) is 0 Å². The van der Waals surface area contributed by atoms with E-state index in [0.29, 0.717) is 19.0 Å². The second kappa shape index (κ2) is 11.0. The van der Waals surface area contributed by atoms with Crippen LogP contribution >= 0.6 is 24.0 Å². The van der Waals surface area contributed by atoms with Crippen molar-refractivity contribution in [3.63, 3.8) is 0 Å². The number of morpholine rings is 1. The van der Waals surface area contributed by atoms with Gasteiger partial charge in [-0.1, -0.05) is 0 Å². The molecule has 9 heteroatoms. The van der Waals surface area contributed by atoms with Crippen LogP contribution in [0.5, 0.6) is 0 Å². The fourth-order valence-corrected chi connectivity index (χ4v) is 3.48. The Morgan fingerprint density at radius 3 is 2.19 bits per heavy atom. The largest absolute Gasteiger partial charge is 0.379 e. The number of hydrogen-bond acceptors (Lipinski definition) is 5. The molecule has 0 amide bonds. The quantitative estimate of drug-likeness (QED) is 0.311. The van der Waals surface area contributed by atoms with Crippen LogP contribution in [-0.4, -0.2) is 81.3 Å². The summed E-state index contributed by atoms with van der Waals surface area (Å²) in [5.74, 6) is 0.751. The molecule has 1 heterocycles. The molecule has 2 N–H and O–H groups in total. The molecule has 156 valence electrons. The average Bonchev–Trinajstić information content (AvgIpc) is 2.52. The smallest absolute Gasteiger partial charge is 0.191 e. The van der Waals surface area contributed by atoms with E-state index in [2.05, 4.69) is 34.4 Å². The van der Waals surface area contributed by atoms with Gasteiger partial charge in [-0.2, -0.15) is 0 Å². The van der Waals surface area contributed by atoms with Gasteiger partial charge in [0.25, 0.3) is 0 Å². The molecule has 0 unspecified atom stereocenters. The van der Waals surface area contributed by atoms with Gasteiger partial charge in [0.15, 0.2) is 15.8 Å². The van der Waals surface area contributed by atoms with Gasteiger partial charge in [0.1, 0.15) is 0 Å². The van der Waals surface area contributed by atoms with Gasteiger partial charge in [0.2, 0.25) is 0 Å². The molecule has 1 rings (SSSR count). The molecule has 0 aromatic carbocycles. The van der Waals surface area contributed by atoms with Crippen LogP contribution in [0.3, 0.4) is 0 Å². The summed E-state index contributed by atoms with van der Waals surface area (Å²) in [6.07, 6.45) is 0. The number of halogens is 1. The van der Waals surface area contributed by atoms with Gasteiger partial charge >= 0.3 is 0 Å². The maximum atomic E-state index is 12.2. The van der Waals surface area contributed by atoms with Crippen LogP contribution in [0.25, 0.3) is 0 Å². The SMILES string of the molecule is CCNC(=NCC(C)(C)N1CCOCC1)NCCS(=O)(=O)C(C)(C)C.I. The summed E-state index contributed by atoms with van der Waals surface area (Å²) in [6.45, 7) is 16.6. The molecule has 26 heavy (non-hydrogen) atoms. The average molecular weight is 504 g/mol. The predicted octanol–water partition coefficient (Wildman–Crippen LogP) is 1.48. The summed E-state index contributed by atoms with van der Waals surface area (Å²) in [5.41, 5.74) is -0.0659. The highest BCUT2D eigenvalue weighted by molar-refractivity contribution is 14.0. The summed E-state index contributed by atoms with van der Waals surface area (Å²) in [4.78, 5) is 7.04. The lowest BCUT2D eigenvalue weighted by atomic mass is 10.0. The number of hydrogen-bond donors (Lipinski definition) is 2. The van der Waals surface area contributed by atoms with Crippen molar-refractivity contribution >= 4 is 39.8 Å². The summed E-state index contributed by atoms with van der Waals surface area (Å²) < 4.78 is 29.1. The molecular weight excluding hydrogens is 467 g/mol. The van der Waals surface area contributed by atoms with Crippen molar-refractivity contribution in [2.45, 2.75) is 51.8 Å². The monoisotopic (exact) mass is 504 g/mol. The van der Waals surface area contributed by atoms with Crippen LogP contribution in [0.4, 0.5) is 0 Å². The zero-order chi connectivity index (χ0) is 19.1. The van der Waals surface area contributed by atoms with Crippen LogP contribution in [-0.2, 0) is 14.6 Å². The lowest BCUT2D eigenvalue weighted by Gasteiger charge is -2.39. The van der Waals surface area contributed by atoms with E-state index >= 15 is 0 Å². The van der Waals surface area contributed by atoms with E-state index in [0.717, 1.165) is 32.8 Å². The second-order valence-electron chi connectivity index (χ2n) is 7.97. The minimum absolute atomic E-state index is 0. The first-order chi connectivity index (χ1) is 11.5. The van der Waals surface area contributed by atoms with Crippen molar-refractivity contribution < 1.29 is 13.2 Å². The van der Waals surface area contributed by atoms with Gasteiger partial charge in [0, 0.05) is 31.7 Å². The van der Waals surface area contributed by atoms with Crippen LogP contribution in [0, 0.1) is 0 Å². The van der Waals surface area contributed by atoms with Gasteiger partial charge in [-0.15, -0.1) is 24.0 Å². The molecule has 0 saturated carbocycles. The Labute approximate surface area is 176 Å². The fourth-order valence-electron chi connectivity index (χ4n) is 2.49. The second-order valence-corrected chi connectivity index (χ2v) is 10.8. The first-order valence-electron chi connectivity index (χ1n) is 9.07. The summed E-state index contributed by atoms with van der Waals surface area (Å²) in [7, 11) is -3.14. The Morgan fingerprint density at radius 1 is 1.12 bits per heavy atom. The van der Waals surface area contributed by atoms with Crippen LogP contribution in [0.1, 0.15) is 41.5 Å². The highest BCUT2D eigenvalue weighted by atomic mass is 127. The predicted molar refractivity (Wildman–Crippen MR) is 119 cm³/mol. The molecule has 0 aromatic heterocycles. The minimum Gasteiger partial charge on any atom is -0.379 e. The van der Waals surface area contributed by atoms with Crippen LogP contribution < -0.4 is 10.6 Å². The first-order valence-corrected chi connectivity index (χ1v) is 10.7. The fraction of sp³-hybridized carbons (Fsp3) is 0.941. The van der Waals surface area contributed by atoms with E-state index in [1.54, 1.807) is 20.8 Å². The zero-order valence-corrected chi connectivity index (χ0v) is 20.2. The lowest BCUT2D eigenvalue weighted by Crippen LogP contribution is -2.52. The van der Waals surface area contributed by atoms with Gasteiger partial charge < -0.3 is 15.4 Å². The molecule has 0 atom stereocenters. The zero-order valence-electron chi connectivity index (χ0n) is 17.1. The third-order valence-electron chi connectivity index (χ3n) is 4.43. The van der Waals surface area contributed by atoms with Crippen molar-refractivity contribution in [1.82, 2.24) is 15.5 Å². The molecule has 0 aromatic rings. The molecule has 1 saturated heterocycles. The van der Waals surface area contributed by atoms with E-state index in [1.807, 2.05) is 6.92 Å². The summed E-state index contributed by atoms with van der Waals surface area (Å²) in [6, 6.07) is 0. The third-order valence-corrected chi connectivity index (χ3v) is 7.04. The number of guanidine groups is 1. The highest BCUT2D eigenvalue weighted by Crippen LogP contribution is 2.17.